The van der Waals surface area contributed by atoms with Gasteiger partial charge < -0.3 is 34.5 Å². The van der Waals surface area contributed by atoms with E-state index in [9.17, 15) is 19.8 Å². The Bertz CT molecular complexity index is 1670. The van der Waals surface area contributed by atoms with Gasteiger partial charge in [-0.05, 0) is 50.3 Å². The molecule has 1 saturated heterocycles. The van der Waals surface area contributed by atoms with Gasteiger partial charge in [-0.2, -0.15) is 4.98 Å². The largest absolute Gasteiger partial charge is 0.493 e. The lowest BCUT2D eigenvalue weighted by atomic mass is 9.93. The van der Waals surface area contributed by atoms with Crippen LogP contribution >= 0.6 is 0 Å². The predicted molar refractivity (Wildman–Crippen MR) is 162 cm³/mol. The zero-order valence-corrected chi connectivity index (χ0v) is 24.3. The fourth-order valence-corrected chi connectivity index (χ4v) is 5.68. The van der Waals surface area contributed by atoms with Crippen molar-refractivity contribution in [1.82, 2.24) is 19.5 Å². The number of hydrogen-bond donors (Lipinski definition) is 3. The van der Waals surface area contributed by atoms with Crippen LogP contribution in [-0.2, 0) is 6.54 Å². The van der Waals surface area contributed by atoms with Crippen LogP contribution in [0.1, 0.15) is 24.8 Å². The van der Waals surface area contributed by atoms with Gasteiger partial charge in [0.05, 0.1) is 43.9 Å². The predicted octanol–water partition coefficient (Wildman–Crippen LogP) is 2.06. The van der Waals surface area contributed by atoms with Crippen LogP contribution in [0, 0.1) is 12.8 Å². The number of benzene rings is 2. The number of fused-ring (bicyclic) bond motifs is 2. The Morgan fingerprint density at radius 2 is 1.67 bits per heavy atom. The smallest absolute Gasteiger partial charge is 0.328 e. The van der Waals surface area contributed by atoms with E-state index in [1.807, 2.05) is 31.2 Å². The molecule has 0 saturated carbocycles. The van der Waals surface area contributed by atoms with Gasteiger partial charge in [0.1, 0.15) is 5.82 Å². The SMILES string of the molecule is COc1cc2nc(N(CCO)CCO)nc(N3CCC(CCn4c(=O)[nH]c5ccc(C)cc5c4=O)CC3)c2cc1OC. The molecule has 0 amide bonds. The fourth-order valence-electron chi connectivity index (χ4n) is 5.68. The molecular weight excluding hydrogens is 540 g/mol. The Balaban J connectivity index is 1.38. The summed E-state index contributed by atoms with van der Waals surface area (Å²) in [5.41, 5.74) is 1.56. The number of aliphatic hydroxyl groups excluding tert-OH is 2. The minimum atomic E-state index is -0.381. The van der Waals surface area contributed by atoms with Crippen molar-refractivity contribution < 1.29 is 19.7 Å². The van der Waals surface area contributed by atoms with E-state index in [-0.39, 0.29) is 37.6 Å². The van der Waals surface area contributed by atoms with Crippen LogP contribution < -0.4 is 30.5 Å². The summed E-state index contributed by atoms with van der Waals surface area (Å²) >= 11 is 0. The Hall–Kier alpha value is -4.16. The van der Waals surface area contributed by atoms with Crippen molar-refractivity contribution >= 4 is 33.6 Å². The highest BCUT2D eigenvalue weighted by Gasteiger charge is 2.25. The van der Waals surface area contributed by atoms with Crippen LogP contribution in [0.3, 0.4) is 0 Å². The minimum absolute atomic E-state index is 0.100. The molecule has 224 valence electrons. The van der Waals surface area contributed by atoms with E-state index in [1.54, 1.807) is 25.2 Å². The van der Waals surface area contributed by atoms with E-state index in [2.05, 4.69) is 9.88 Å². The molecule has 2 aromatic heterocycles. The molecule has 0 bridgehead atoms. The summed E-state index contributed by atoms with van der Waals surface area (Å²) in [7, 11) is 3.16. The highest BCUT2D eigenvalue weighted by Crippen LogP contribution is 2.37. The van der Waals surface area contributed by atoms with Crippen molar-refractivity contribution in [2.45, 2.75) is 32.7 Å². The van der Waals surface area contributed by atoms with Gasteiger partial charge in [0, 0.05) is 44.2 Å². The first-order chi connectivity index (χ1) is 20.4. The molecule has 1 aliphatic rings. The number of aliphatic hydroxyl groups is 2. The number of aromatic nitrogens is 4. The zero-order valence-electron chi connectivity index (χ0n) is 24.3. The van der Waals surface area contributed by atoms with Crippen molar-refractivity contribution in [2.24, 2.45) is 5.92 Å². The number of methoxy groups -OCH3 is 2. The normalized spacial score (nSPS) is 14.1. The standard InChI is InChI=1S/C30H38N6O6/c1-19-4-5-23-22(16-19)28(39)36(30(40)32-23)11-8-20-6-9-34(10-7-20)27-21-17-25(41-2)26(42-3)18-24(21)31-29(33-27)35(12-14-37)13-15-38/h4-5,16-18,20,37-38H,6-15H2,1-3H3,(H,32,40). The number of ether oxygens (including phenoxy) is 2. The van der Waals surface area contributed by atoms with Gasteiger partial charge in [0.2, 0.25) is 5.95 Å². The van der Waals surface area contributed by atoms with Crippen molar-refractivity contribution in [3.05, 3.63) is 56.7 Å². The fraction of sp³-hybridized carbons (Fsp3) is 0.467. The minimum Gasteiger partial charge on any atom is -0.493 e. The lowest BCUT2D eigenvalue weighted by molar-refractivity contribution is 0.280. The summed E-state index contributed by atoms with van der Waals surface area (Å²) in [4.78, 5) is 42.2. The molecule has 12 nitrogen and oxygen atoms in total. The van der Waals surface area contributed by atoms with Crippen molar-refractivity contribution in [1.29, 1.82) is 0 Å². The van der Waals surface area contributed by atoms with E-state index in [1.165, 1.54) is 4.57 Å². The Labute approximate surface area is 243 Å². The van der Waals surface area contributed by atoms with Gasteiger partial charge in [0.25, 0.3) is 5.56 Å². The highest BCUT2D eigenvalue weighted by atomic mass is 16.5. The molecule has 1 fully saturated rings. The van der Waals surface area contributed by atoms with Gasteiger partial charge in [-0.25, -0.2) is 9.78 Å². The monoisotopic (exact) mass is 578 g/mol. The van der Waals surface area contributed by atoms with Gasteiger partial charge in [-0.3, -0.25) is 9.36 Å². The number of anilines is 2. The molecule has 1 aliphatic heterocycles. The molecule has 42 heavy (non-hydrogen) atoms. The maximum Gasteiger partial charge on any atom is 0.328 e. The van der Waals surface area contributed by atoms with Crippen LogP contribution in [0.4, 0.5) is 11.8 Å². The second-order valence-electron chi connectivity index (χ2n) is 10.7. The lowest BCUT2D eigenvalue weighted by Gasteiger charge is -2.34. The lowest BCUT2D eigenvalue weighted by Crippen LogP contribution is -2.38. The quantitative estimate of drug-likeness (QED) is 0.242. The number of hydrogen-bond acceptors (Lipinski definition) is 10. The highest BCUT2D eigenvalue weighted by molar-refractivity contribution is 5.93. The summed E-state index contributed by atoms with van der Waals surface area (Å²) in [5.74, 6) is 2.61. The van der Waals surface area contributed by atoms with Crippen LogP contribution in [0.15, 0.2) is 39.9 Å². The summed E-state index contributed by atoms with van der Waals surface area (Å²) in [6.45, 7) is 4.11. The summed E-state index contributed by atoms with van der Waals surface area (Å²) in [6.07, 6.45) is 2.45. The van der Waals surface area contributed by atoms with Crippen molar-refractivity contribution in [3.63, 3.8) is 0 Å². The van der Waals surface area contributed by atoms with E-state index in [0.717, 1.165) is 49.1 Å². The average Bonchev–Trinajstić information content (AvgIpc) is 3.00. The number of H-pyrrole nitrogens is 1. The number of nitrogens with zero attached hydrogens (tertiary/aromatic N) is 5. The van der Waals surface area contributed by atoms with Gasteiger partial charge in [-0.1, -0.05) is 11.6 Å². The molecule has 3 heterocycles. The molecular formula is C30H38N6O6. The second-order valence-corrected chi connectivity index (χ2v) is 10.7. The van der Waals surface area contributed by atoms with E-state index in [4.69, 9.17) is 19.4 Å². The molecule has 0 unspecified atom stereocenters. The summed E-state index contributed by atoms with van der Waals surface area (Å²) in [6, 6.07) is 9.15. The number of nitrogens with one attached hydrogen (secondary N) is 1. The Kier molecular flexibility index (Phi) is 8.93. The first-order valence-electron chi connectivity index (χ1n) is 14.3. The van der Waals surface area contributed by atoms with Crippen molar-refractivity contribution in [2.75, 3.05) is 63.4 Å². The maximum atomic E-state index is 13.1. The number of aromatic amines is 1. The molecule has 0 aliphatic carbocycles. The van der Waals surface area contributed by atoms with Crippen LogP contribution in [0.2, 0.25) is 0 Å². The average molecular weight is 579 g/mol. The zero-order chi connectivity index (χ0) is 29.8. The molecule has 0 radical (unpaired) electrons. The van der Waals surface area contributed by atoms with Crippen LogP contribution in [0.5, 0.6) is 11.5 Å². The number of aryl methyl sites for hydroxylation is 1. The first kappa shape index (κ1) is 29.3. The molecule has 0 spiro atoms. The molecule has 2 aromatic carbocycles. The first-order valence-corrected chi connectivity index (χ1v) is 14.3. The Morgan fingerprint density at radius 3 is 2.33 bits per heavy atom. The second kappa shape index (κ2) is 12.8. The van der Waals surface area contributed by atoms with Crippen LogP contribution in [0.25, 0.3) is 21.8 Å². The molecule has 0 atom stereocenters. The van der Waals surface area contributed by atoms with E-state index in [0.29, 0.717) is 46.3 Å². The third-order valence-electron chi connectivity index (χ3n) is 8.00. The topological polar surface area (TPSA) is 146 Å². The van der Waals surface area contributed by atoms with Gasteiger partial charge in [0.15, 0.2) is 11.5 Å². The van der Waals surface area contributed by atoms with Gasteiger partial charge >= 0.3 is 5.69 Å². The molecule has 4 aromatic rings. The molecule has 12 heteroatoms. The van der Waals surface area contributed by atoms with Crippen molar-refractivity contribution in [3.8, 4) is 11.5 Å². The van der Waals surface area contributed by atoms with E-state index < -0.39 is 0 Å². The summed E-state index contributed by atoms with van der Waals surface area (Å²) in [5, 5.41) is 20.5. The number of piperidine rings is 1. The number of rotatable bonds is 11. The third kappa shape index (κ3) is 5.90. The molecule has 3 N–H and O–H groups in total. The summed E-state index contributed by atoms with van der Waals surface area (Å²) < 4.78 is 12.4. The Morgan fingerprint density at radius 1 is 0.976 bits per heavy atom. The molecule has 5 rings (SSSR count). The van der Waals surface area contributed by atoms with Crippen LogP contribution in [-0.4, -0.2) is 83.3 Å². The maximum absolute atomic E-state index is 13.1. The third-order valence-corrected chi connectivity index (χ3v) is 8.00. The van der Waals surface area contributed by atoms with E-state index >= 15 is 0 Å². The van der Waals surface area contributed by atoms with Gasteiger partial charge in [-0.15, -0.1) is 0 Å².